The minimum absolute atomic E-state index is 0.0244. The molecule has 1 unspecified atom stereocenters. The summed E-state index contributed by atoms with van der Waals surface area (Å²) < 4.78 is 0. The summed E-state index contributed by atoms with van der Waals surface area (Å²) >= 11 is 0. The molecule has 0 aliphatic rings. The number of terminal acetylenes is 1. The van der Waals surface area contributed by atoms with Gasteiger partial charge >= 0.3 is 0 Å². The number of benzene rings is 1. The minimum Gasteiger partial charge on any atom is -0.323 e. The number of nitrogens with two attached hydrogens (primary N) is 1. The highest BCUT2D eigenvalue weighted by molar-refractivity contribution is 5.31. The Morgan fingerprint density at radius 2 is 1.85 bits per heavy atom. The fourth-order valence-electron chi connectivity index (χ4n) is 1.47. The lowest BCUT2D eigenvalue weighted by atomic mass is 10.0. The largest absolute Gasteiger partial charge is 0.323 e. The smallest absolute Gasteiger partial charge is 0.0405 e. The maximum absolute atomic E-state index is 5.90. The van der Waals surface area contributed by atoms with Crippen molar-refractivity contribution in [3.63, 3.8) is 0 Å². The van der Waals surface area contributed by atoms with Crippen LogP contribution in [0.4, 0.5) is 0 Å². The fourth-order valence-corrected chi connectivity index (χ4v) is 1.47. The minimum atomic E-state index is -0.0244. The molecule has 13 heavy (non-hydrogen) atoms. The zero-order chi connectivity index (χ0) is 9.84. The van der Waals surface area contributed by atoms with Crippen LogP contribution in [0.3, 0.4) is 0 Å². The van der Waals surface area contributed by atoms with Crippen LogP contribution in [0.25, 0.3) is 0 Å². The molecule has 0 aliphatic heterocycles. The van der Waals surface area contributed by atoms with Crippen molar-refractivity contribution in [3.8, 4) is 12.3 Å². The zero-order valence-corrected chi connectivity index (χ0v) is 8.17. The van der Waals surface area contributed by atoms with Crippen molar-refractivity contribution in [1.82, 2.24) is 0 Å². The van der Waals surface area contributed by atoms with Gasteiger partial charge in [0.15, 0.2) is 0 Å². The van der Waals surface area contributed by atoms with Gasteiger partial charge in [-0.05, 0) is 19.4 Å². The first-order valence-corrected chi connectivity index (χ1v) is 4.40. The molecule has 1 rings (SSSR count). The van der Waals surface area contributed by atoms with Crippen LogP contribution in [0, 0.1) is 26.2 Å². The Labute approximate surface area is 80.0 Å². The van der Waals surface area contributed by atoms with Crippen molar-refractivity contribution in [3.05, 3.63) is 34.9 Å². The number of aryl methyl sites for hydroxylation is 2. The van der Waals surface area contributed by atoms with Gasteiger partial charge in [0.1, 0.15) is 0 Å². The van der Waals surface area contributed by atoms with E-state index in [0.29, 0.717) is 6.42 Å². The fraction of sp³-hybridized carbons (Fsp3) is 0.333. The Hall–Kier alpha value is -1.26. The van der Waals surface area contributed by atoms with Crippen molar-refractivity contribution in [2.45, 2.75) is 26.3 Å². The summed E-state index contributed by atoms with van der Waals surface area (Å²) in [5.41, 5.74) is 9.51. The molecule has 1 nitrogen and oxygen atoms in total. The Bertz CT molecular complexity index is 313. The molecule has 0 bridgehead atoms. The van der Waals surface area contributed by atoms with E-state index in [1.807, 2.05) is 0 Å². The lowest BCUT2D eigenvalue weighted by Gasteiger charge is -2.10. The van der Waals surface area contributed by atoms with E-state index in [1.54, 1.807) is 0 Å². The molecule has 0 saturated carbocycles. The van der Waals surface area contributed by atoms with E-state index < -0.39 is 0 Å². The predicted molar refractivity (Wildman–Crippen MR) is 56.3 cm³/mol. The number of hydrogen-bond donors (Lipinski definition) is 1. The standard InChI is InChI=1S/C12H15N/c1-4-5-12(13)11-7-9(2)6-10(3)8-11/h1,6-8,12H,5,13H2,2-3H3. The van der Waals surface area contributed by atoms with Crippen molar-refractivity contribution in [1.29, 1.82) is 0 Å². The van der Waals surface area contributed by atoms with E-state index in [2.05, 4.69) is 38.0 Å². The van der Waals surface area contributed by atoms with Crippen LogP contribution in [0.1, 0.15) is 29.2 Å². The van der Waals surface area contributed by atoms with E-state index in [1.165, 1.54) is 11.1 Å². The molecule has 1 heteroatoms. The first-order chi connectivity index (χ1) is 6.13. The van der Waals surface area contributed by atoms with E-state index in [9.17, 15) is 0 Å². The van der Waals surface area contributed by atoms with Crippen LogP contribution >= 0.6 is 0 Å². The maximum atomic E-state index is 5.90. The first-order valence-electron chi connectivity index (χ1n) is 4.40. The molecule has 0 spiro atoms. The third-order valence-corrected chi connectivity index (χ3v) is 2.01. The summed E-state index contributed by atoms with van der Waals surface area (Å²) in [6.07, 6.45) is 5.81. The zero-order valence-electron chi connectivity index (χ0n) is 8.17. The van der Waals surface area contributed by atoms with Crippen molar-refractivity contribution in [2.24, 2.45) is 5.73 Å². The van der Waals surface area contributed by atoms with Gasteiger partial charge < -0.3 is 5.73 Å². The van der Waals surface area contributed by atoms with Gasteiger partial charge in [-0.3, -0.25) is 0 Å². The van der Waals surface area contributed by atoms with Crippen LogP contribution in [0.15, 0.2) is 18.2 Å². The van der Waals surface area contributed by atoms with Gasteiger partial charge in [-0.25, -0.2) is 0 Å². The summed E-state index contributed by atoms with van der Waals surface area (Å²) in [5.74, 6) is 2.58. The van der Waals surface area contributed by atoms with Gasteiger partial charge in [-0.15, -0.1) is 12.3 Å². The SMILES string of the molecule is C#CCC(N)c1cc(C)cc(C)c1. The van der Waals surface area contributed by atoms with Crippen molar-refractivity contribution < 1.29 is 0 Å². The molecule has 0 aromatic heterocycles. The van der Waals surface area contributed by atoms with Gasteiger partial charge in [0.25, 0.3) is 0 Å². The molecule has 0 saturated heterocycles. The molecule has 68 valence electrons. The van der Waals surface area contributed by atoms with Crippen LogP contribution < -0.4 is 5.73 Å². The van der Waals surface area contributed by atoms with Crippen molar-refractivity contribution in [2.75, 3.05) is 0 Å². The lowest BCUT2D eigenvalue weighted by Crippen LogP contribution is -2.09. The monoisotopic (exact) mass is 173 g/mol. The molecule has 0 radical (unpaired) electrons. The molecular weight excluding hydrogens is 158 g/mol. The molecule has 1 aromatic carbocycles. The summed E-state index contributed by atoms with van der Waals surface area (Å²) in [7, 11) is 0. The lowest BCUT2D eigenvalue weighted by molar-refractivity contribution is 0.752. The second kappa shape index (κ2) is 4.11. The Kier molecular flexibility index (Phi) is 3.11. The van der Waals surface area contributed by atoms with Crippen LogP contribution in [-0.2, 0) is 0 Å². The average molecular weight is 173 g/mol. The molecular formula is C12H15N. The summed E-state index contributed by atoms with van der Waals surface area (Å²) in [4.78, 5) is 0. The predicted octanol–water partition coefficient (Wildman–Crippen LogP) is 2.33. The third-order valence-electron chi connectivity index (χ3n) is 2.01. The number of hydrogen-bond acceptors (Lipinski definition) is 1. The summed E-state index contributed by atoms with van der Waals surface area (Å²) in [6.45, 7) is 4.14. The Balaban J connectivity index is 2.95. The highest BCUT2D eigenvalue weighted by Gasteiger charge is 2.04. The number of rotatable bonds is 2. The van der Waals surface area contributed by atoms with Crippen LogP contribution in [-0.4, -0.2) is 0 Å². The van der Waals surface area contributed by atoms with E-state index in [-0.39, 0.29) is 6.04 Å². The summed E-state index contributed by atoms with van der Waals surface area (Å²) in [6, 6.07) is 6.29. The Morgan fingerprint density at radius 3 is 2.31 bits per heavy atom. The third kappa shape index (κ3) is 2.61. The van der Waals surface area contributed by atoms with Gasteiger partial charge in [-0.2, -0.15) is 0 Å². The second-order valence-corrected chi connectivity index (χ2v) is 3.44. The van der Waals surface area contributed by atoms with Gasteiger partial charge in [0.05, 0.1) is 0 Å². The van der Waals surface area contributed by atoms with Gasteiger partial charge in [0, 0.05) is 12.5 Å². The quantitative estimate of drug-likeness (QED) is 0.682. The molecule has 1 aromatic rings. The molecule has 1 atom stereocenters. The normalized spacial score (nSPS) is 12.2. The van der Waals surface area contributed by atoms with Crippen molar-refractivity contribution >= 4 is 0 Å². The van der Waals surface area contributed by atoms with Gasteiger partial charge in [-0.1, -0.05) is 29.3 Å². The van der Waals surface area contributed by atoms with E-state index in [0.717, 1.165) is 5.56 Å². The molecule has 0 fully saturated rings. The van der Waals surface area contributed by atoms with E-state index in [4.69, 9.17) is 12.2 Å². The van der Waals surface area contributed by atoms with Crippen LogP contribution in [0.5, 0.6) is 0 Å². The topological polar surface area (TPSA) is 26.0 Å². The highest BCUT2D eigenvalue weighted by atomic mass is 14.6. The van der Waals surface area contributed by atoms with E-state index >= 15 is 0 Å². The first kappa shape index (κ1) is 9.83. The maximum Gasteiger partial charge on any atom is 0.0405 e. The molecule has 0 heterocycles. The summed E-state index contributed by atoms with van der Waals surface area (Å²) in [5, 5.41) is 0. The van der Waals surface area contributed by atoms with Crippen LogP contribution in [0.2, 0.25) is 0 Å². The highest BCUT2D eigenvalue weighted by Crippen LogP contribution is 2.16. The molecule has 0 aliphatic carbocycles. The van der Waals surface area contributed by atoms with Gasteiger partial charge in [0.2, 0.25) is 0 Å². The molecule has 2 N–H and O–H groups in total. The second-order valence-electron chi connectivity index (χ2n) is 3.44. The Morgan fingerprint density at radius 1 is 1.31 bits per heavy atom. The molecule has 0 amide bonds. The average Bonchev–Trinajstić information content (AvgIpc) is 2.03.